The van der Waals surface area contributed by atoms with Crippen molar-refractivity contribution in [3.8, 4) is 0 Å². The van der Waals surface area contributed by atoms with Crippen molar-refractivity contribution < 1.29 is 0 Å². The lowest BCUT2D eigenvalue weighted by atomic mass is 9.37. The lowest BCUT2D eigenvalue weighted by molar-refractivity contribution is -0.136. The van der Waals surface area contributed by atoms with Crippen LogP contribution in [-0.4, -0.2) is 7.85 Å². The molecule has 0 amide bonds. The molecule has 0 N–H and O–H groups in total. The van der Waals surface area contributed by atoms with Crippen LogP contribution < -0.4 is 0 Å². The Morgan fingerprint density at radius 1 is 1.33 bits per heavy atom. The highest BCUT2D eigenvalue weighted by molar-refractivity contribution is 6.12. The molecule has 1 fully saturated rings. The van der Waals surface area contributed by atoms with Crippen molar-refractivity contribution >= 4 is 7.85 Å². The first-order chi connectivity index (χ1) is 6.53. The van der Waals surface area contributed by atoms with Crippen LogP contribution in [0.5, 0.6) is 0 Å². The molecule has 0 heterocycles. The third kappa shape index (κ3) is 1.99. The molecule has 4 unspecified atom stereocenters. The minimum absolute atomic E-state index is 0.307. The van der Waals surface area contributed by atoms with Crippen LogP contribution in [0.2, 0.25) is 5.82 Å². The molecule has 0 aromatic heterocycles. The summed E-state index contributed by atoms with van der Waals surface area (Å²) in [5.41, 5.74) is 1.15. The first kappa shape index (κ1) is 13.1. The van der Waals surface area contributed by atoms with Gasteiger partial charge in [0, 0.05) is 0 Å². The van der Waals surface area contributed by atoms with E-state index < -0.39 is 0 Å². The molecule has 0 aromatic carbocycles. The number of rotatable bonds is 2. The van der Waals surface area contributed by atoms with E-state index >= 15 is 0 Å². The molecule has 0 nitrogen and oxygen atoms in total. The van der Waals surface area contributed by atoms with Gasteiger partial charge in [-0.15, -0.1) is 0 Å². The van der Waals surface area contributed by atoms with Gasteiger partial charge in [-0.25, -0.2) is 0 Å². The van der Waals surface area contributed by atoms with Gasteiger partial charge in [0.05, 0.1) is 7.85 Å². The number of hydrogen-bond acceptors (Lipinski definition) is 0. The SMILES string of the molecule is [B]C(C)C1(C)CC(C)C1(C)CC(C)(C)C. The summed E-state index contributed by atoms with van der Waals surface area (Å²) in [6.07, 6.45) is 2.57. The molecule has 1 aliphatic rings. The summed E-state index contributed by atoms with van der Waals surface area (Å²) in [7, 11) is 6.19. The van der Waals surface area contributed by atoms with Crippen LogP contribution in [0.15, 0.2) is 0 Å². The Labute approximate surface area is 97.6 Å². The van der Waals surface area contributed by atoms with Gasteiger partial charge in [0.15, 0.2) is 0 Å². The maximum absolute atomic E-state index is 6.19. The molecule has 1 rings (SSSR count). The lowest BCUT2D eigenvalue weighted by Gasteiger charge is -2.65. The average Bonchev–Trinajstić information content (AvgIpc) is 2.00. The van der Waals surface area contributed by atoms with Crippen molar-refractivity contribution in [3.05, 3.63) is 0 Å². The maximum atomic E-state index is 6.19. The van der Waals surface area contributed by atoms with E-state index in [9.17, 15) is 0 Å². The standard InChI is InChI=1S/C14H27B/c1-10-8-13(6,11(2)15)14(10,7)9-12(3,4)5/h10-11H,8-9H2,1-7H3. The van der Waals surface area contributed by atoms with Crippen LogP contribution in [0.1, 0.15) is 61.3 Å². The molecular weight excluding hydrogens is 179 g/mol. The summed E-state index contributed by atoms with van der Waals surface area (Å²) < 4.78 is 0. The van der Waals surface area contributed by atoms with Crippen molar-refractivity contribution in [1.29, 1.82) is 0 Å². The van der Waals surface area contributed by atoms with E-state index in [2.05, 4.69) is 48.5 Å². The summed E-state index contributed by atoms with van der Waals surface area (Å²) in [6.45, 7) is 16.4. The Morgan fingerprint density at radius 3 is 2.07 bits per heavy atom. The second kappa shape index (κ2) is 3.53. The Balaban J connectivity index is 2.90. The Kier molecular flexibility index (Phi) is 3.09. The smallest absolute Gasteiger partial charge is 0.0703 e. The van der Waals surface area contributed by atoms with Gasteiger partial charge in [-0.3, -0.25) is 0 Å². The first-order valence-electron chi connectivity index (χ1n) is 6.28. The van der Waals surface area contributed by atoms with E-state index in [0.29, 0.717) is 22.1 Å². The van der Waals surface area contributed by atoms with Gasteiger partial charge in [0.2, 0.25) is 0 Å². The molecule has 4 atom stereocenters. The first-order valence-corrected chi connectivity index (χ1v) is 6.28. The van der Waals surface area contributed by atoms with Crippen molar-refractivity contribution in [2.24, 2.45) is 22.2 Å². The molecule has 0 aliphatic heterocycles. The third-order valence-electron chi connectivity index (χ3n) is 5.03. The van der Waals surface area contributed by atoms with Gasteiger partial charge in [0.25, 0.3) is 0 Å². The summed E-state index contributed by atoms with van der Waals surface area (Å²) >= 11 is 0. The third-order valence-corrected chi connectivity index (χ3v) is 5.03. The molecule has 0 bridgehead atoms. The number of hydrogen-bond donors (Lipinski definition) is 0. The molecule has 0 aromatic rings. The van der Waals surface area contributed by atoms with Gasteiger partial charge in [-0.2, -0.15) is 0 Å². The van der Waals surface area contributed by atoms with E-state index in [1.54, 1.807) is 0 Å². The van der Waals surface area contributed by atoms with Gasteiger partial charge < -0.3 is 0 Å². The minimum Gasteiger partial charge on any atom is -0.0743 e. The van der Waals surface area contributed by atoms with Crippen LogP contribution in [0, 0.1) is 22.2 Å². The normalized spacial score (nSPS) is 43.5. The van der Waals surface area contributed by atoms with Crippen LogP contribution >= 0.6 is 0 Å². The largest absolute Gasteiger partial charge is 0.0743 e. The second-order valence-electron chi connectivity index (χ2n) is 7.47. The van der Waals surface area contributed by atoms with E-state index in [0.717, 1.165) is 5.92 Å². The molecule has 0 saturated heterocycles. The molecule has 0 spiro atoms. The zero-order valence-corrected chi connectivity index (χ0v) is 11.6. The summed E-state index contributed by atoms with van der Waals surface area (Å²) in [6, 6.07) is 0. The second-order valence-corrected chi connectivity index (χ2v) is 7.47. The molecule has 15 heavy (non-hydrogen) atoms. The zero-order valence-electron chi connectivity index (χ0n) is 11.6. The van der Waals surface area contributed by atoms with Gasteiger partial charge in [0.1, 0.15) is 0 Å². The zero-order chi connectivity index (χ0) is 12.1. The van der Waals surface area contributed by atoms with Crippen molar-refractivity contribution in [1.82, 2.24) is 0 Å². The highest BCUT2D eigenvalue weighted by atomic mass is 14.6. The quantitative estimate of drug-likeness (QED) is 0.585. The molecular formula is C14H27B. The maximum Gasteiger partial charge on any atom is 0.0703 e. The minimum atomic E-state index is 0.307. The molecule has 1 saturated carbocycles. The predicted octanol–water partition coefficient (Wildman–Crippen LogP) is 4.45. The van der Waals surface area contributed by atoms with Crippen molar-refractivity contribution in [3.63, 3.8) is 0 Å². The summed E-state index contributed by atoms with van der Waals surface area (Å²) in [5, 5.41) is 0. The van der Waals surface area contributed by atoms with Crippen LogP contribution in [-0.2, 0) is 0 Å². The molecule has 86 valence electrons. The topological polar surface area (TPSA) is 0 Å². The van der Waals surface area contributed by atoms with Crippen LogP contribution in [0.3, 0.4) is 0 Å². The van der Waals surface area contributed by atoms with E-state index in [1.165, 1.54) is 12.8 Å². The lowest BCUT2D eigenvalue weighted by Crippen LogP contribution is -2.57. The van der Waals surface area contributed by atoms with E-state index in [-0.39, 0.29) is 0 Å². The van der Waals surface area contributed by atoms with E-state index in [1.807, 2.05) is 0 Å². The molecule has 2 radical (unpaired) electrons. The van der Waals surface area contributed by atoms with Crippen LogP contribution in [0.25, 0.3) is 0 Å². The van der Waals surface area contributed by atoms with E-state index in [4.69, 9.17) is 7.85 Å². The Hall–Kier alpha value is 0.0649. The highest BCUT2D eigenvalue weighted by Gasteiger charge is 2.59. The summed E-state index contributed by atoms with van der Waals surface area (Å²) in [5.74, 6) is 1.12. The summed E-state index contributed by atoms with van der Waals surface area (Å²) in [4.78, 5) is 0. The fourth-order valence-electron chi connectivity index (χ4n) is 3.71. The van der Waals surface area contributed by atoms with Gasteiger partial charge in [-0.1, -0.05) is 54.3 Å². The van der Waals surface area contributed by atoms with Crippen LogP contribution in [0.4, 0.5) is 0 Å². The van der Waals surface area contributed by atoms with Gasteiger partial charge in [-0.05, 0) is 35.0 Å². The fourth-order valence-corrected chi connectivity index (χ4v) is 3.71. The molecule has 1 aliphatic carbocycles. The molecule has 1 heteroatoms. The predicted molar refractivity (Wildman–Crippen MR) is 69.2 cm³/mol. The Morgan fingerprint density at radius 2 is 1.80 bits per heavy atom. The highest BCUT2D eigenvalue weighted by Crippen LogP contribution is 2.68. The van der Waals surface area contributed by atoms with Crippen molar-refractivity contribution in [2.45, 2.75) is 67.1 Å². The fraction of sp³-hybridized carbons (Fsp3) is 1.00. The van der Waals surface area contributed by atoms with Crippen molar-refractivity contribution in [2.75, 3.05) is 0 Å². The monoisotopic (exact) mass is 206 g/mol. The average molecular weight is 206 g/mol. The Bertz CT molecular complexity index is 238. The van der Waals surface area contributed by atoms with Gasteiger partial charge >= 0.3 is 0 Å².